The van der Waals surface area contributed by atoms with E-state index in [1.165, 1.54) is 29.4 Å². The molecule has 0 amide bonds. The van der Waals surface area contributed by atoms with Gasteiger partial charge in [0.15, 0.2) is 5.78 Å². The highest BCUT2D eigenvalue weighted by Gasteiger charge is 2.38. The van der Waals surface area contributed by atoms with Gasteiger partial charge in [-0.05, 0) is 37.0 Å². The molecule has 2 atom stereocenters. The van der Waals surface area contributed by atoms with Gasteiger partial charge in [-0.15, -0.1) is 0 Å². The highest BCUT2D eigenvalue weighted by Crippen LogP contribution is 2.33. The third-order valence-electron chi connectivity index (χ3n) is 4.92. The summed E-state index contributed by atoms with van der Waals surface area (Å²) < 4.78 is 27.5. The number of rotatable bonds is 5. The van der Waals surface area contributed by atoms with E-state index in [2.05, 4.69) is 0 Å². The molecule has 6 nitrogen and oxygen atoms in total. The second-order valence-corrected chi connectivity index (χ2v) is 8.72. The highest BCUT2D eigenvalue weighted by atomic mass is 32.2. The summed E-state index contributed by atoms with van der Waals surface area (Å²) in [4.78, 5) is 23.2. The number of aliphatic carboxylic acids is 1. The van der Waals surface area contributed by atoms with Crippen molar-refractivity contribution in [1.29, 1.82) is 0 Å². The largest absolute Gasteiger partial charge is 0.481 e. The molecule has 0 aliphatic carbocycles. The van der Waals surface area contributed by atoms with Crippen LogP contribution in [-0.4, -0.2) is 42.7 Å². The summed E-state index contributed by atoms with van der Waals surface area (Å²) in [5.41, 5.74) is 1.23. The molecule has 142 valence electrons. The van der Waals surface area contributed by atoms with Crippen LogP contribution in [0.15, 0.2) is 59.5 Å². The molecule has 1 aliphatic heterocycles. The van der Waals surface area contributed by atoms with Crippen LogP contribution >= 0.6 is 0 Å². The van der Waals surface area contributed by atoms with Crippen molar-refractivity contribution < 1.29 is 23.1 Å². The van der Waals surface area contributed by atoms with E-state index in [-0.39, 0.29) is 29.7 Å². The van der Waals surface area contributed by atoms with Gasteiger partial charge in [-0.2, -0.15) is 4.31 Å². The molecule has 0 spiro atoms. The van der Waals surface area contributed by atoms with E-state index in [1.807, 2.05) is 30.3 Å². The summed E-state index contributed by atoms with van der Waals surface area (Å²) in [6.07, 6.45) is 0.388. The smallest absolute Gasteiger partial charge is 0.307 e. The minimum absolute atomic E-state index is 0.00745. The van der Waals surface area contributed by atoms with Crippen molar-refractivity contribution in [1.82, 2.24) is 4.31 Å². The van der Waals surface area contributed by atoms with Crippen LogP contribution in [0.1, 0.15) is 35.2 Å². The first kappa shape index (κ1) is 19.3. The second kappa shape index (κ2) is 7.62. The Balaban J connectivity index is 1.96. The molecule has 0 bridgehead atoms. The van der Waals surface area contributed by atoms with Gasteiger partial charge in [0, 0.05) is 18.7 Å². The van der Waals surface area contributed by atoms with E-state index >= 15 is 0 Å². The van der Waals surface area contributed by atoms with Crippen molar-refractivity contribution in [3.05, 3.63) is 65.7 Å². The van der Waals surface area contributed by atoms with Crippen LogP contribution in [0, 0.1) is 5.92 Å². The normalized spacial score (nSPS) is 20.9. The van der Waals surface area contributed by atoms with E-state index < -0.39 is 21.9 Å². The summed E-state index contributed by atoms with van der Waals surface area (Å²) in [6, 6.07) is 15.2. The number of Topliss-reactive ketones (excluding diaryl/α,β-unsaturated/α-hetero) is 1. The van der Waals surface area contributed by atoms with Crippen LogP contribution in [0.4, 0.5) is 0 Å². The van der Waals surface area contributed by atoms with Gasteiger partial charge in [-0.1, -0.05) is 42.5 Å². The van der Waals surface area contributed by atoms with Gasteiger partial charge in [0.1, 0.15) is 0 Å². The van der Waals surface area contributed by atoms with Crippen molar-refractivity contribution in [3.63, 3.8) is 0 Å². The second-order valence-electron chi connectivity index (χ2n) is 6.78. The van der Waals surface area contributed by atoms with Gasteiger partial charge in [0.2, 0.25) is 10.0 Å². The molecule has 1 N–H and O–H groups in total. The quantitative estimate of drug-likeness (QED) is 0.797. The van der Waals surface area contributed by atoms with E-state index in [1.54, 1.807) is 6.07 Å². The van der Waals surface area contributed by atoms with Crippen LogP contribution < -0.4 is 0 Å². The fraction of sp³-hybridized carbons (Fsp3) is 0.300. The number of sulfonamides is 1. The minimum atomic E-state index is -3.91. The van der Waals surface area contributed by atoms with E-state index in [0.717, 1.165) is 5.56 Å². The maximum Gasteiger partial charge on any atom is 0.307 e. The molecule has 2 aromatic carbocycles. The Kier molecular flexibility index (Phi) is 5.43. The number of benzene rings is 2. The SMILES string of the molecule is CC(=O)c1cccc(S(=O)(=O)N2CC(C(=O)O)CC(c3ccccc3)C2)c1. The van der Waals surface area contributed by atoms with Gasteiger partial charge < -0.3 is 5.11 Å². The third kappa shape index (κ3) is 4.09. The van der Waals surface area contributed by atoms with Gasteiger partial charge in [0.25, 0.3) is 0 Å². The van der Waals surface area contributed by atoms with E-state index in [9.17, 15) is 23.1 Å². The van der Waals surface area contributed by atoms with Crippen LogP contribution in [0.2, 0.25) is 0 Å². The fourth-order valence-corrected chi connectivity index (χ4v) is 5.00. The van der Waals surface area contributed by atoms with Crippen LogP contribution in [0.3, 0.4) is 0 Å². The summed E-state index contributed by atoms with van der Waals surface area (Å²) in [5.74, 6) is -2.22. The van der Waals surface area contributed by atoms with Crippen molar-refractivity contribution >= 4 is 21.8 Å². The number of nitrogens with zero attached hydrogens (tertiary/aromatic N) is 1. The number of carbonyl (C=O) groups is 2. The highest BCUT2D eigenvalue weighted by molar-refractivity contribution is 7.89. The van der Waals surface area contributed by atoms with Crippen LogP contribution in [-0.2, 0) is 14.8 Å². The van der Waals surface area contributed by atoms with Gasteiger partial charge in [0.05, 0.1) is 10.8 Å². The van der Waals surface area contributed by atoms with E-state index in [4.69, 9.17) is 0 Å². The number of carboxylic acids is 1. The molecule has 0 radical (unpaired) electrons. The lowest BCUT2D eigenvalue weighted by molar-refractivity contribution is -0.143. The standard InChI is InChI=1S/C20H21NO5S/c1-14(22)16-8-5-9-19(11-16)27(25,26)21-12-17(10-18(13-21)20(23)24)15-6-3-2-4-7-15/h2-9,11,17-18H,10,12-13H2,1H3,(H,23,24). The maximum absolute atomic E-state index is 13.1. The average molecular weight is 387 g/mol. The molecule has 2 unspecified atom stereocenters. The molecule has 0 aromatic heterocycles. The number of hydrogen-bond acceptors (Lipinski definition) is 4. The lowest BCUT2D eigenvalue weighted by atomic mass is 9.85. The molecule has 1 saturated heterocycles. The molecule has 0 saturated carbocycles. The molecule has 1 aliphatic rings. The number of carboxylic acid groups (broad SMARTS) is 1. The van der Waals surface area contributed by atoms with Gasteiger partial charge in [-0.25, -0.2) is 8.42 Å². The first-order valence-electron chi connectivity index (χ1n) is 8.68. The Morgan fingerprint density at radius 2 is 1.74 bits per heavy atom. The molecular formula is C20H21NO5S. The molecule has 27 heavy (non-hydrogen) atoms. The molecule has 3 rings (SSSR count). The first-order valence-corrected chi connectivity index (χ1v) is 10.1. The summed E-state index contributed by atoms with van der Waals surface area (Å²) in [6.45, 7) is 1.50. The minimum Gasteiger partial charge on any atom is -0.481 e. The molecule has 7 heteroatoms. The Morgan fingerprint density at radius 1 is 1.04 bits per heavy atom. The molecule has 2 aromatic rings. The van der Waals surface area contributed by atoms with Crippen molar-refractivity contribution in [2.45, 2.75) is 24.2 Å². The summed E-state index contributed by atoms with van der Waals surface area (Å²) in [5, 5.41) is 9.51. The first-order chi connectivity index (χ1) is 12.8. The van der Waals surface area contributed by atoms with Gasteiger partial charge in [-0.3, -0.25) is 9.59 Å². The predicted molar refractivity (Wildman–Crippen MR) is 100 cm³/mol. The van der Waals surface area contributed by atoms with E-state index in [0.29, 0.717) is 12.0 Å². The molecule has 1 heterocycles. The molecular weight excluding hydrogens is 366 g/mol. The van der Waals surface area contributed by atoms with Gasteiger partial charge >= 0.3 is 5.97 Å². The number of hydrogen-bond donors (Lipinski definition) is 1. The Hall–Kier alpha value is -2.51. The van der Waals surface area contributed by atoms with Crippen LogP contribution in [0.5, 0.6) is 0 Å². The summed E-state index contributed by atoms with van der Waals surface area (Å²) in [7, 11) is -3.91. The van der Waals surface area contributed by atoms with Crippen molar-refractivity contribution in [2.24, 2.45) is 5.92 Å². The Bertz CT molecular complexity index is 955. The predicted octanol–water partition coefficient (Wildman–Crippen LogP) is 2.77. The van der Waals surface area contributed by atoms with Crippen LogP contribution in [0.25, 0.3) is 0 Å². The Labute approximate surface area is 158 Å². The van der Waals surface area contributed by atoms with Crippen molar-refractivity contribution in [2.75, 3.05) is 13.1 Å². The third-order valence-corrected chi connectivity index (χ3v) is 6.74. The number of piperidine rings is 1. The number of ketones is 1. The van der Waals surface area contributed by atoms with Crippen molar-refractivity contribution in [3.8, 4) is 0 Å². The molecule has 1 fully saturated rings. The topological polar surface area (TPSA) is 91.8 Å². The number of carbonyl (C=O) groups excluding carboxylic acids is 1. The lowest BCUT2D eigenvalue weighted by Gasteiger charge is -2.35. The zero-order valence-electron chi connectivity index (χ0n) is 14.9. The zero-order valence-corrected chi connectivity index (χ0v) is 15.7. The lowest BCUT2D eigenvalue weighted by Crippen LogP contribution is -2.45. The average Bonchev–Trinajstić information content (AvgIpc) is 2.68. The zero-order chi connectivity index (χ0) is 19.6. The Morgan fingerprint density at radius 3 is 2.37 bits per heavy atom. The fourth-order valence-electron chi connectivity index (χ4n) is 3.43. The summed E-state index contributed by atoms with van der Waals surface area (Å²) >= 11 is 0. The maximum atomic E-state index is 13.1. The monoisotopic (exact) mass is 387 g/mol.